The molecular weight excluding hydrogens is 433 g/mol. The summed E-state index contributed by atoms with van der Waals surface area (Å²) in [6.45, 7) is 1.29. The number of aldehydes is 1. The Kier molecular flexibility index (Phi) is 6.08. The van der Waals surface area contributed by atoms with Crippen LogP contribution in [0.1, 0.15) is 36.4 Å². The molecule has 1 saturated heterocycles. The van der Waals surface area contributed by atoms with Crippen molar-refractivity contribution in [2.24, 2.45) is 0 Å². The van der Waals surface area contributed by atoms with E-state index in [-0.39, 0.29) is 32.7 Å². The summed E-state index contributed by atoms with van der Waals surface area (Å²) in [7, 11) is 0. The predicted molar refractivity (Wildman–Crippen MR) is 104 cm³/mol. The number of halogens is 3. The molecule has 1 fully saturated rings. The van der Waals surface area contributed by atoms with E-state index >= 15 is 0 Å². The molecule has 28 heavy (non-hydrogen) atoms. The van der Waals surface area contributed by atoms with Gasteiger partial charge >= 0.3 is 0 Å². The summed E-state index contributed by atoms with van der Waals surface area (Å²) in [5.41, 5.74) is -1.79. The first kappa shape index (κ1) is 21.5. The van der Waals surface area contributed by atoms with E-state index in [1.165, 1.54) is 12.1 Å². The molecule has 152 valence electrons. The molecule has 0 bridgehead atoms. The van der Waals surface area contributed by atoms with E-state index in [9.17, 15) is 24.9 Å². The second-order valence-electron chi connectivity index (χ2n) is 6.71. The summed E-state index contributed by atoms with van der Waals surface area (Å²) in [6, 6.07) is 2.85. The molecule has 4 atom stereocenters. The van der Waals surface area contributed by atoms with Gasteiger partial charge in [0.15, 0.2) is 23.9 Å². The van der Waals surface area contributed by atoms with E-state index in [0.717, 1.165) is 4.57 Å². The molecule has 0 radical (unpaired) electrons. The van der Waals surface area contributed by atoms with Crippen molar-refractivity contribution in [3.63, 3.8) is 0 Å². The van der Waals surface area contributed by atoms with Gasteiger partial charge in [0.2, 0.25) is 0 Å². The van der Waals surface area contributed by atoms with Crippen molar-refractivity contribution < 1.29 is 29.6 Å². The lowest BCUT2D eigenvalue weighted by atomic mass is 9.89. The first-order valence-electron chi connectivity index (χ1n) is 8.54. The number of hydrogen-bond donors (Lipinski definition) is 3. The van der Waals surface area contributed by atoms with Gasteiger partial charge in [0, 0.05) is 11.8 Å². The van der Waals surface area contributed by atoms with Crippen LogP contribution in [0.15, 0.2) is 12.1 Å². The van der Waals surface area contributed by atoms with Crippen LogP contribution in [-0.4, -0.2) is 56.4 Å². The van der Waals surface area contributed by atoms with Crippen LogP contribution in [0.5, 0.6) is 0 Å². The van der Waals surface area contributed by atoms with Crippen molar-refractivity contribution in [1.29, 1.82) is 0 Å². The topological polar surface area (TPSA) is 109 Å². The molecule has 0 aliphatic carbocycles. The molecule has 3 N–H and O–H groups in total. The quantitative estimate of drug-likeness (QED) is 0.584. The third-order valence-electron chi connectivity index (χ3n) is 4.95. The lowest BCUT2D eigenvalue weighted by Gasteiger charge is -2.28. The largest absolute Gasteiger partial charge is 0.387 e. The van der Waals surface area contributed by atoms with Gasteiger partial charge in [-0.25, -0.2) is 0 Å². The Balaban J connectivity index is 2.06. The first-order valence-corrected chi connectivity index (χ1v) is 9.67. The molecule has 7 nitrogen and oxygen atoms in total. The molecule has 1 aliphatic rings. The molecule has 10 heteroatoms. The number of rotatable bonds is 6. The zero-order chi connectivity index (χ0) is 20.8. The minimum atomic E-state index is -2.13. The number of aliphatic hydroxyl groups excluding tert-OH is 2. The number of Topliss-reactive ketones (excluding diaryl/α,β-unsaturated/α-hetero) is 1. The van der Waals surface area contributed by atoms with Crippen LogP contribution in [-0.2, 0) is 9.53 Å². The van der Waals surface area contributed by atoms with Gasteiger partial charge in [-0.1, -0.05) is 41.7 Å². The van der Waals surface area contributed by atoms with Crippen LogP contribution < -0.4 is 0 Å². The van der Waals surface area contributed by atoms with Crippen molar-refractivity contribution in [3.05, 3.63) is 32.9 Å². The second-order valence-corrected chi connectivity index (χ2v) is 7.88. The van der Waals surface area contributed by atoms with Crippen LogP contribution >= 0.6 is 34.8 Å². The van der Waals surface area contributed by atoms with Crippen LogP contribution in [0.25, 0.3) is 10.9 Å². The highest BCUT2D eigenvalue weighted by molar-refractivity contribution is 6.43. The summed E-state index contributed by atoms with van der Waals surface area (Å²) >= 11 is 18.3. The maximum Gasteiger partial charge on any atom is 0.174 e. The minimum absolute atomic E-state index is 0.0519. The van der Waals surface area contributed by atoms with Crippen LogP contribution in [0.3, 0.4) is 0 Å². The Morgan fingerprint density at radius 2 is 2.04 bits per heavy atom. The van der Waals surface area contributed by atoms with Crippen molar-refractivity contribution in [1.82, 2.24) is 4.57 Å². The SMILES string of the molecule is CCCC(=O)[C@]1(O)CO[C@H](C(O)n2c(Cl)c(C=O)c3cc(Cl)c(Cl)cc32)[C@H]1O. The molecule has 1 aliphatic heterocycles. The number of ketones is 1. The molecule has 1 aromatic carbocycles. The van der Waals surface area contributed by atoms with E-state index in [2.05, 4.69) is 0 Å². The highest BCUT2D eigenvalue weighted by Crippen LogP contribution is 2.40. The number of aliphatic hydroxyl groups is 3. The summed E-state index contributed by atoms with van der Waals surface area (Å²) in [4.78, 5) is 23.7. The highest BCUT2D eigenvalue weighted by Gasteiger charge is 2.55. The zero-order valence-electron chi connectivity index (χ0n) is 14.7. The van der Waals surface area contributed by atoms with E-state index in [4.69, 9.17) is 39.5 Å². The van der Waals surface area contributed by atoms with Crippen LogP contribution in [0.4, 0.5) is 0 Å². The number of ether oxygens (including phenoxy) is 1. The molecule has 2 aromatic rings. The number of aromatic nitrogens is 1. The summed E-state index contributed by atoms with van der Waals surface area (Å²) in [6.07, 6.45) is -3.64. The van der Waals surface area contributed by atoms with Crippen molar-refractivity contribution in [3.8, 4) is 0 Å². The van der Waals surface area contributed by atoms with Gasteiger partial charge in [-0.3, -0.25) is 9.59 Å². The van der Waals surface area contributed by atoms with Gasteiger partial charge in [0.05, 0.1) is 27.7 Å². The lowest BCUT2D eigenvalue weighted by Crippen LogP contribution is -2.51. The summed E-state index contributed by atoms with van der Waals surface area (Å²) in [5.74, 6) is -0.580. The van der Waals surface area contributed by atoms with Gasteiger partial charge in [-0.2, -0.15) is 0 Å². The fraction of sp³-hybridized carbons (Fsp3) is 0.444. The van der Waals surface area contributed by atoms with Gasteiger partial charge < -0.3 is 24.6 Å². The maximum atomic E-state index is 12.2. The Bertz CT molecular complexity index is 945. The molecule has 3 rings (SSSR count). The van der Waals surface area contributed by atoms with Gasteiger partial charge in [0.1, 0.15) is 17.4 Å². The van der Waals surface area contributed by atoms with Gasteiger partial charge in [-0.15, -0.1) is 0 Å². The average Bonchev–Trinajstić information content (AvgIpc) is 3.09. The highest BCUT2D eigenvalue weighted by atomic mass is 35.5. The smallest absolute Gasteiger partial charge is 0.174 e. The molecule has 0 amide bonds. The zero-order valence-corrected chi connectivity index (χ0v) is 17.0. The Morgan fingerprint density at radius 1 is 1.39 bits per heavy atom. The average molecular weight is 451 g/mol. The molecule has 1 aromatic heterocycles. The standard InChI is InChI=1S/C18H18Cl3NO6/c1-2-3-13(24)18(27)7-28-14(15(18)25)17(26)22-12-5-11(20)10(19)4-8(12)9(6-23)16(22)21/h4-6,14-15,17,25-27H,2-3,7H2,1H3/t14-,15+,17?,18+/m0/s1. The third-order valence-corrected chi connectivity index (χ3v) is 6.06. The maximum absolute atomic E-state index is 12.2. The Labute approximate surface area is 175 Å². The van der Waals surface area contributed by atoms with Gasteiger partial charge in [0.25, 0.3) is 0 Å². The molecular formula is C18H18Cl3NO6. The monoisotopic (exact) mass is 449 g/mol. The second kappa shape index (κ2) is 7.91. The molecule has 0 spiro atoms. The minimum Gasteiger partial charge on any atom is -0.387 e. The molecule has 1 unspecified atom stereocenters. The summed E-state index contributed by atoms with van der Waals surface area (Å²) < 4.78 is 6.51. The van der Waals surface area contributed by atoms with E-state index in [1.54, 1.807) is 6.92 Å². The number of carbonyl (C=O) groups excluding carboxylic acids is 2. The molecule has 2 heterocycles. The number of benzene rings is 1. The predicted octanol–water partition coefficient (Wildman–Crippen LogP) is 2.76. The van der Waals surface area contributed by atoms with Crippen molar-refractivity contribution in [2.75, 3.05) is 6.61 Å². The lowest BCUT2D eigenvalue weighted by molar-refractivity contribution is -0.147. The Morgan fingerprint density at radius 3 is 2.64 bits per heavy atom. The summed E-state index contributed by atoms with van der Waals surface area (Å²) in [5, 5.41) is 32.5. The van der Waals surface area contributed by atoms with Crippen molar-refractivity contribution in [2.45, 2.75) is 43.8 Å². The Hall–Kier alpha value is -1.19. The molecule has 0 saturated carbocycles. The fourth-order valence-electron chi connectivity index (χ4n) is 3.43. The number of hydrogen-bond acceptors (Lipinski definition) is 6. The van der Waals surface area contributed by atoms with Crippen LogP contribution in [0.2, 0.25) is 15.2 Å². The van der Waals surface area contributed by atoms with E-state index in [1.807, 2.05) is 0 Å². The van der Waals surface area contributed by atoms with E-state index in [0.29, 0.717) is 18.1 Å². The van der Waals surface area contributed by atoms with Crippen LogP contribution in [0, 0.1) is 0 Å². The number of nitrogens with zero attached hydrogens (tertiary/aromatic N) is 1. The van der Waals surface area contributed by atoms with Crippen molar-refractivity contribution >= 4 is 57.8 Å². The van der Waals surface area contributed by atoms with E-state index < -0.39 is 36.4 Å². The third kappa shape index (κ3) is 3.25. The first-order chi connectivity index (χ1) is 13.2. The normalized spacial score (nSPS) is 26.0. The number of carbonyl (C=O) groups is 2. The fourth-order valence-corrected chi connectivity index (χ4v) is 4.08. The van der Waals surface area contributed by atoms with Gasteiger partial charge in [-0.05, 0) is 18.6 Å². The number of fused-ring (bicyclic) bond motifs is 1.